The van der Waals surface area contributed by atoms with Crippen LogP contribution in [-0.2, 0) is 16.6 Å². The van der Waals surface area contributed by atoms with Gasteiger partial charge in [0.05, 0.1) is 16.1 Å². The topological polar surface area (TPSA) is 86.7 Å². The molecule has 0 spiro atoms. The van der Waals surface area contributed by atoms with E-state index in [2.05, 4.69) is 4.72 Å². The van der Waals surface area contributed by atoms with E-state index in [1.807, 2.05) is 55.1 Å². The second-order valence-corrected chi connectivity index (χ2v) is 9.34. The fraction of sp³-hybridized carbons (Fsp3) is 0.208. The number of anilines is 2. The molecule has 0 unspecified atom stereocenters. The number of hydrogen-bond acceptors (Lipinski definition) is 4. The number of rotatable bonds is 7. The SMILES string of the molecule is Cc1cc(C)c(S(=O)(=O)Nc2ccc(N(C)Cc3ccccc3)c(C(=O)O)c2)cc1C. The highest BCUT2D eigenvalue weighted by Gasteiger charge is 2.20. The molecule has 0 aliphatic heterocycles. The van der Waals surface area contributed by atoms with Gasteiger partial charge in [0, 0.05) is 19.3 Å². The number of carboxylic acid groups (broad SMARTS) is 1. The molecule has 162 valence electrons. The zero-order valence-electron chi connectivity index (χ0n) is 18.0. The molecular weight excluding hydrogens is 412 g/mol. The van der Waals surface area contributed by atoms with Gasteiger partial charge < -0.3 is 10.0 Å². The highest BCUT2D eigenvalue weighted by atomic mass is 32.2. The molecule has 0 heterocycles. The van der Waals surface area contributed by atoms with Crippen molar-refractivity contribution in [2.45, 2.75) is 32.2 Å². The first kappa shape index (κ1) is 22.4. The number of aromatic carboxylic acids is 1. The molecule has 0 saturated carbocycles. The van der Waals surface area contributed by atoms with Gasteiger partial charge in [-0.25, -0.2) is 13.2 Å². The quantitative estimate of drug-likeness (QED) is 0.556. The van der Waals surface area contributed by atoms with Crippen molar-refractivity contribution >= 4 is 27.4 Å². The van der Waals surface area contributed by atoms with E-state index in [0.29, 0.717) is 17.8 Å². The van der Waals surface area contributed by atoms with Crippen LogP contribution in [0.1, 0.15) is 32.6 Å². The lowest BCUT2D eigenvalue weighted by molar-refractivity contribution is 0.0697. The number of nitrogens with zero attached hydrogens (tertiary/aromatic N) is 1. The summed E-state index contributed by atoms with van der Waals surface area (Å²) < 4.78 is 28.4. The van der Waals surface area contributed by atoms with Crippen molar-refractivity contribution in [3.8, 4) is 0 Å². The first-order chi connectivity index (χ1) is 14.6. The molecule has 0 saturated heterocycles. The Morgan fingerprint density at radius 2 is 1.58 bits per heavy atom. The van der Waals surface area contributed by atoms with Gasteiger partial charge >= 0.3 is 5.97 Å². The van der Waals surface area contributed by atoms with Gasteiger partial charge in [0.1, 0.15) is 0 Å². The fourth-order valence-corrected chi connectivity index (χ4v) is 4.84. The number of aryl methyl sites for hydroxylation is 3. The Balaban J connectivity index is 1.92. The Morgan fingerprint density at radius 1 is 0.935 bits per heavy atom. The predicted octanol–water partition coefficient (Wildman–Crippen LogP) is 4.75. The van der Waals surface area contributed by atoms with Crippen LogP contribution in [0.3, 0.4) is 0 Å². The van der Waals surface area contributed by atoms with Crippen molar-refractivity contribution in [3.63, 3.8) is 0 Å². The molecule has 0 atom stereocenters. The molecule has 3 rings (SSSR count). The Hall–Kier alpha value is -3.32. The van der Waals surface area contributed by atoms with E-state index in [0.717, 1.165) is 16.7 Å². The minimum atomic E-state index is -3.86. The lowest BCUT2D eigenvalue weighted by Gasteiger charge is -2.22. The summed E-state index contributed by atoms with van der Waals surface area (Å²) >= 11 is 0. The zero-order valence-corrected chi connectivity index (χ0v) is 18.8. The van der Waals surface area contributed by atoms with E-state index < -0.39 is 16.0 Å². The zero-order chi connectivity index (χ0) is 22.8. The van der Waals surface area contributed by atoms with Crippen LogP contribution >= 0.6 is 0 Å². The number of hydrogen-bond donors (Lipinski definition) is 2. The normalized spacial score (nSPS) is 11.2. The largest absolute Gasteiger partial charge is 0.478 e. The molecule has 3 aromatic carbocycles. The third kappa shape index (κ3) is 5.06. The highest BCUT2D eigenvalue weighted by Crippen LogP contribution is 2.28. The van der Waals surface area contributed by atoms with Gasteiger partial charge in [0.15, 0.2) is 0 Å². The number of benzene rings is 3. The molecule has 0 aliphatic carbocycles. The molecule has 0 radical (unpaired) electrons. The second-order valence-electron chi connectivity index (χ2n) is 7.69. The summed E-state index contributed by atoms with van der Waals surface area (Å²) in [5.74, 6) is -1.13. The monoisotopic (exact) mass is 438 g/mol. The summed E-state index contributed by atoms with van der Waals surface area (Å²) in [5, 5.41) is 9.73. The van der Waals surface area contributed by atoms with E-state index in [4.69, 9.17) is 0 Å². The van der Waals surface area contributed by atoms with Crippen molar-refractivity contribution in [1.82, 2.24) is 0 Å². The van der Waals surface area contributed by atoms with Gasteiger partial charge in [-0.05, 0) is 67.3 Å². The molecule has 0 fully saturated rings. The number of sulfonamides is 1. The maximum Gasteiger partial charge on any atom is 0.337 e. The molecule has 7 heteroatoms. The van der Waals surface area contributed by atoms with Crippen molar-refractivity contribution in [1.29, 1.82) is 0 Å². The van der Waals surface area contributed by atoms with Crippen LogP contribution in [0, 0.1) is 20.8 Å². The molecule has 6 nitrogen and oxygen atoms in total. The van der Waals surface area contributed by atoms with E-state index in [1.54, 1.807) is 32.2 Å². The lowest BCUT2D eigenvalue weighted by Crippen LogP contribution is -2.20. The third-order valence-electron chi connectivity index (χ3n) is 5.23. The number of carbonyl (C=O) groups is 1. The van der Waals surface area contributed by atoms with Crippen LogP contribution in [0.25, 0.3) is 0 Å². The summed E-state index contributed by atoms with van der Waals surface area (Å²) in [7, 11) is -2.06. The van der Waals surface area contributed by atoms with Crippen LogP contribution in [0.15, 0.2) is 65.6 Å². The number of carboxylic acids is 1. The molecular formula is C24H26N2O4S. The standard InChI is InChI=1S/C24H26N2O4S/c1-16-12-18(3)23(13-17(16)2)31(29,30)25-20-10-11-22(21(14-20)24(27)28)26(4)15-19-8-6-5-7-9-19/h5-14,25H,15H2,1-4H3,(H,27,28). The van der Waals surface area contributed by atoms with Gasteiger partial charge in [-0.1, -0.05) is 36.4 Å². The summed E-state index contributed by atoms with van der Waals surface area (Å²) in [4.78, 5) is 13.9. The molecule has 3 aromatic rings. The Labute approximate surface area is 183 Å². The van der Waals surface area contributed by atoms with Crippen LogP contribution < -0.4 is 9.62 Å². The Morgan fingerprint density at radius 3 is 2.23 bits per heavy atom. The molecule has 0 aliphatic rings. The minimum Gasteiger partial charge on any atom is -0.478 e. The lowest BCUT2D eigenvalue weighted by atomic mass is 10.1. The second kappa shape index (κ2) is 8.81. The average molecular weight is 439 g/mol. The first-order valence-electron chi connectivity index (χ1n) is 9.81. The summed E-state index contributed by atoms with van der Waals surface area (Å²) in [5.41, 5.74) is 4.28. The van der Waals surface area contributed by atoms with Crippen LogP contribution in [0.5, 0.6) is 0 Å². The van der Waals surface area contributed by atoms with E-state index in [1.165, 1.54) is 6.07 Å². The molecule has 0 amide bonds. The van der Waals surface area contributed by atoms with Crippen molar-refractivity contribution < 1.29 is 18.3 Å². The smallest absolute Gasteiger partial charge is 0.337 e. The van der Waals surface area contributed by atoms with Crippen molar-refractivity contribution in [2.75, 3.05) is 16.7 Å². The fourth-order valence-electron chi connectivity index (χ4n) is 3.48. The van der Waals surface area contributed by atoms with E-state index >= 15 is 0 Å². The maximum atomic E-state index is 13.0. The molecule has 2 N–H and O–H groups in total. The summed E-state index contributed by atoms with van der Waals surface area (Å²) in [6.07, 6.45) is 0. The van der Waals surface area contributed by atoms with Gasteiger partial charge in [-0.2, -0.15) is 0 Å². The van der Waals surface area contributed by atoms with E-state index in [9.17, 15) is 18.3 Å². The number of nitrogens with one attached hydrogen (secondary N) is 1. The molecule has 0 bridgehead atoms. The molecule has 0 aromatic heterocycles. The van der Waals surface area contributed by atoms with E-state index in [-0.39, 0.29) is 16.1 Å². The predicted molar refractivity (Wildman–Crippen MR) is 123 cm³/mol. The third-order valence-corrected chi connectivity index (χ3v) is 6.76. The van der Waals surface area contributed by atoms with Crippen LogP contribution in [0.4, 0.5) is 11.4 Å². The van der Waals surface area contributed by atoms with Gasteiger partial charge in [0.2, 0.25) is 0 Å². The van der Waals surface area contributed by atoms with Crippen LogP contribution in [0.2, 0.25) is 0 Å². The van der Waals surface area contributed by atoms with Crippen molar-refractivity contribution in [2.24, 2.45) is 0 Å². The Bertz CT molecular complexity index is 1220. The summed E-state index contributed by atoms with van der Waals surface area (Å²) in [6, 6.07) is 17.7. The van der Waals surface area contributed by atoms with Gasteiger partial charge in [-0.15, -0.1) is 0 Å². The highest BCUT2D eigenvalue weighted by molar-refractivity contribution is 7.92. The Kier molecular flexibility index (Phi) is 6.36. The minimum absolute atomic E-state index is 0.0236. The van der Waals surface area contributed by atoms with Crippen molar-refractivity contribution in [3.05, 3.63) is 88.5 Å². The average Bonchev–Trinajstić information content (AvgIpc) is 2.70. The molecule has 31 heavy (non-hydrogen) atoms. The van der Waals surface area contributed by atoms with Crippen LogP contribution in [-0.4, -0.2) is 26.5 Å². The van der Waals surface area contributed by atoms with Gasteiger partial charge in [0.25, 0.3) is 10.0 Å². The maximum absolute atomic E-state index is 13.0. The van der Waals surface area contributed by atoms with Gasteiger partial charge in [-0.3, -0.25) is 4.72 Å². The summed E-state index contributed by atoms with van der Waals surface area (Å²) in [6.45, 7) is 6.04. The first-order valence-corrected chi connectivity index (χ1v) is 11.3.